The number of hydrogen-bond acceptors (Lipinski definition) is 3. The summed E-state index contributed by atoms with van der Waals surface area (Å²) in [5, 5.41) is 2.81. The average molecular weight is 349 g/mol. The molecule has 2 rings (SSSR count). The number of ether oxygens (including phenoxy) is 1. The van der Waals surface area contributed by atoms with Crippen molar-refractivity contribution in [3.63, 3.8) is 0 Å². The van der Waals surface area contributed by atoms with Crippen LogP contribution in [0, 0.1) is 6.92 Å². The molecule has 3 N–H and O–H groups in total. The molecule has 21 heavy (non-hydrogen) atoms. The molecule has 2 aromatic carbocycles. The Balaban J connectivity index is 1.84. The van der Waals surface area contributed by atoms with Gasteiger partial charge in [0.15, 0.2) is 0 Å². The van der Waals surface area contributed by atoms with Crippen LogP contribution in [0.1, 0.15) is 11.1 Å². The Hall–Kier alpha value is -1.85. The summed E-state index contributed by atoms with van der Waals surface area (Å²) in [6, 6.07) is 13.1. The molecule has 0 aliphatic rings. The van der Waals surface area contributed by atoms with Crippen molar-refractivity contribution in [3.05, 3.63) is 58.1 Å². The lowest BCUT2D eigenvalue weighted by molar-refractivity contribution is -0.121. The summed E-state index contributed by atoms with van der Waals surface area (Å²) in [6.45, 7) is 2.29. The number of nitrogens with two attached hydrogens (primary N) is 1. The number of nitrogen functional groups attached to an aromatic ring is 1. The van der Waals surface area contributed by atoms with Gasteiger partial charge in [0.2, 0.25) is 5.91 Å². The molecule has 0 saturated carbocycles. The molecule has 0 heterocycles. The number of amides is 1. The van der Waals surface area contributed by atoms with E-state index in [1.54, 1.807) is 12.1 Å². The molecular formula is C16H17BrN2O2. The number of anilines is 2. The van der Waals surface area contributed by atoms with Gasteiger partial charge in [0.05, 0.1) is 6.61 Å². The number of nitrogens with one attached hydrogen (secondary N) is 1. The SMILES string of the molecule is Cc1cc(N)ccc1NC(=O)COCc1ccccc1Br. The minimum atomic E-state index is -0.185. The number of rotatable bonds is 5. The first kappa shape index (κ1) is 15.5. The van der Waals surface area contributed by atoms with Gasteiger partial charge in [0.25, 0.3) is 0 Å². The van der Waals surface area contributed by atoms with E-state index in [-0.39, 0.29) is 12.5 Å². The van der Waals surface area contributed by atoms with Crippen molar-refractivity contribution >= 4 is 33.2 Å². The van der Waals surface area contributed by atoms with E-state index in [1.165, 1.54) is 0 Å². The van der Waals surface area contributed by atoms with Crippen LogP contribution in [-0.4, -0.2) is 12.5 Å². The van der Waals surface area contributed by atoms with E-state index in [2.05, 4.69) is 21.2 Å². The van der Waals surface area contributed by atoms with E-state index in [4.69, 9.17) is 10.5 Å². The number of aryl methyl sites for hydroxylation is 1. The van der Waals surface area contributed by atoms with Gasteiger partial charge in [-0.3, -0.25) is 4.79 Å². The van der Waals surface area contributed by atoms with Crippen molar-refractivity contribution in [2.24, 2.45) is 0 Å². The highest BCUT2D eigenvalue weighted by Crippen LogP contribution is 2.18. The van der Waals surface area contributed by atoms with E-state index < -0.39 is 0 Å². The molecule has 4 nitrogen and oxygen atoms in total. The third-order valence-corrected chi connectivity index (χ3v) is 3.75. The molecule has 0 spiro atoms. The minimum absolute atomic E-state index is 0.00511. The van der Waals surface area contributed by atoms with Gasteiger partial charge >= 0.3 is 0 Å². The Kier molecular flexibility index (Phi) is 5.36. The number of carbonyl (C=O) groups excluding carboxylic acids is 1. The molecule has 0 saturated heterocycles. The third-order valence-electron chi connectivity index (χ3n) is 2.97. The summed E-state index contributed by atoms with van der Waals surface area (Å²) >= 11 is 3.44. The van der Waals surface area contributed by atoms with Crippen molar-refractivity contribution in [3.8, 4) is 0 Å². The topological polar surface area (TPSA) is 64.3 Å². The molecule has 0 radical (unpaired) electrons. The predicted octanol–water partition coefficient (Wildman–Crippen LogP) is 3.50. The van der Waals surface area contributed by atoms with Crippen LogP contribution >= 0.6 is 15.9 Å². The molecule has 0 atom stereocenters. The predicted molar refractivity (Wildman–Crippen MR) is 88.0 cm³/mol. The van der Waals surface area contributed by atoms with Crippen molar-refractivity contribution in [2.45, 2.75) is 13.5 Å². The van der Waals surface area contributed by atoms with Crippen molar-refractivity contribution in [2.75, 3.05) is 17.7 Å². The molecule has 2 aromatic rings. The number of carbonyl (C=O) groups is 1. The van der Waals surface area contributed by atoms with Crippen LogP contribution in [-0.2, 0) is 16.1 Å². The Labute approximate surface area is 132 Å². The Morgan fingerprint density at radius 1 is 1.29 bits per heavy atom. The highest BCUT2D eigenvalue weighted by atomic mass is 79.9. The van der Waals surface area contributed by atoms with Gasteiger partial charge in [-0.15, -0.1) is 0 Å². The summed E-state index contributed by atoms with van der Waals surface area (Å²) in [5.41, 5.74) is 9.03. The lowest BCUT2D eigenvalue weighted by Crippen LogP contribution is -2.18. The largest absolute Gasteiger partial charge is 0.399 e. The van der Waals surface area contributed by atoms with Crippen LogP contribution in [0.5, 0.6) is 0 Å². The second-order valence-electron chi connectivity index (χ2n) is 4.71. The molecule has 1 amide bonds. The second-order valence-corrected chi connectivity index (χ2v) is 5.56. The number of benzene rings is 2. The highest BCUT2D eigenvalue weighted by molar-refractivity contribution is 9.10. The zero-order valence-electron chi connectivity index (χ0n) is 11.7. The molecule has 0 unspecified atom stereocenters. The van der Waals surface area contributed by atoms with E-state index in [1.807, 2.05) is 37.3 Å². The van der Waals surface area contributed by atoms with Gasteiger partial charge in [0, 0.05) is 15.8 Å². The molecular weight excluding hydrogens is 332 g/mol. The number of hydrogen-bond donors (Lipinski definition) is 2. The maximum absolute atomic E-state index is 11.8. The first-order valence-electron chi connectivity index (χ1n) is 6.53. The van der Waals surface area contributed by atoms with E-state index in [0.29, 0.717) is 12.3 Å². The first-order valence-corrected chi connectivity index (χ1v) is 7.32. The van der Waals surface area contributed by atoms with E-state index >= 15 is 0 Å². The summed E-state index contributed by atoms with van der Waals surface area (Å²) < 4.78 is 6.40. The van der Waals surface area contributed by atoms with Crippen LogP contribution in [0.4, 0.5) is 11.4 Å². The summed E-state index contributed by atoms with van der Waals surface area (Å²) in [5.74, 6) is -0.185. The van der Waals surface area contributed by atoms with Crippen LogP contribution in [0.15, 0.2) is 46.9 Å². The molecule has 0 aromatic heterocycles. The fourth-order valence-corrected chi connectivity index (χ4v) is 2.28. The monoisotopic (exact) mass is 348 g/mol. The standard InChI is InChI=1S/C16H17BrN2O2/c1-11-8-13(18)6-7-15(11)19-16(20)10-21-9-12-4-2-3-5-14(12)17/h2-8H,9-10,18H2,1H3,(H,19,20). The van der Waals surface area contributed by atoms with Gasteiger partial charge in [-0.25, -0.2) is 0 Å². The fraction of sp³-hybridized carbons (Fsp3) is 0.188. The fourth-order valence-electron chi connectivity index (χ4n) is 1.88. The van der Waals surface area contributed by atoms with Crippen molar-refractivity contribution < 1.29 is 9.53 Å². The Morgan fingerprint density at radius 3 is 2.76 bits per heavy atom. The lowest BCUT2D eigenvalue weighted by atomic mass is 10.2. The second kappa shape index (κ2) is 7.24. The van der Waals surface area contributed by atoms with Crippen LogP contribution in [0.3, 0.4) is 0 Å². The van der Waals surface area contributed by atoms with Gasteiger partial charge in [-0.05, 0) is 42.3 Å². The van der Waals surface area contributed by atoms with Crippen molar-refractivity contribution in [1.29, 1.82) is 0 Å². The molecule has 0 aliphatic heterocycles. The van der Waals surface area contributed by atoms with Gasteiger partial charge in [-0.1, -0.05) is 34.1 Å². The summed E-state index contributed by atoms with van der Waals surface area (Å²) in [4.78, 5) is 11.8. The van der Waals surface area contributed by atoms with Gasteiger partial charge in [0.1, 0.15) is 6.61 Å². The quantitative estimate of drug-likeness (QED) is 0.812. The normalized spacial score (nSPS) is 10.4. The zero-order valence-corrected chi connectivity index (χ0v) is 13.3. The van der Waals surface area contributed by atoms with Gasteiger partial charge < -0.3 is 15.8 Å². The maximum atomic E-state index is 11.8. The van der Waals surface area contributed by atoms with Gasteiger partial charge in [-0.2, -0.15) is 0 Å². The molecule has 5 heteroatoms. The minimum Gasteiger partial charge on any atom is -0.399 e. The maximum Gasteiger partial charge on any atom is 0.250 e. The van der Waals surface area contributed by atoms with E-state index in [9.17, 15) is 4.79 Å². The van der Waals surface area contributed by atoms with E-state index in [0.717, 1.165) is 21.3 Å². The molecule has 0 bridgehead atoms. The smallest absolute Gasteiger partial charge is 0.250 e. The zero-order chi connectivity index (χ0) is 15.2. The summed E-state index contributed by atoms with van der Waals surface area (Å²) in [7, 11) is 0. The molecule has 0 aliphatic carbocycles. The van der Waals surface area contributed by atoms with Crippen LogP contribution in [0.25, 0.3) is 0 Å². The van der Waals surface area contributed by atoms with Crippen LogP contribution in [0.2, 0.25) is 0 Å². The number of halogens is 1. The Bertz CT molecular complexity index is 644. The Morgan fingerprint density at radius 2 is 2.05 bits per heavy atom. The molecule has 0 fully saturated rings. The van der Waals surface area contributed by atoms with Crippen molar-refractivity contribution in [1.82, 2.24) is 0 Å². The third kappa shape index (κ3) is 4.58. The molecule has 110 valence electrons. The lowest BCUT2D eigenvalue weighted by Gasteiger charge is -2.10. The first-order chi connectivity index (χ1) is 10.1. The summed E-state index contributed by atoms with van der Waals surface area (Å²) in [6.07, 6.45) is 0. The average Bonchev–Trinajstić information content (AvgIpc) is 2.44. The van der Waals surface area contributed by atoms with Crippen LogP contribution < -0.4 is 11.1 Å². The highest BCUT2D eigenvalue weighted by Gasteiger charge is 2.06.